The van der Waals surface area contributed by atoms with Gasteiger partial charge in [-0.3, -0.25) is 0 Å². The molecule has 0 aliphatic carbocycles. The maximum absolute atomic E-state index is 8.88. The van der Waals surface area contributed by atoms with Gasteiger partial charge < -0.3 is 4.74 Å². The first-order chi connectivity index (χ1) is 6.69. The van der Waals surface area contributed by atoms with E-state index in [1.165, 1.54) is 0 Å². The molecule has 0 aromatic heterocycles. The summed E-state index contributed by atoms with van der Waals surface area (Å²) in [5.41, 5.74) is 1.67. The van der Waals surface area contributed by atoms with Crippen molar-refractivity contribution in [2.75, 3.05) is 6.61 Å². The van der Waals surface area contributed by atoms with Crippen LogP contribution in [0.3, 0.4) is 0 Å². The zero-order chi connectivity index (χ0) is 10.6. The minimum Gasteiger partial charge on any atom is -0.494 e. The van der Waals surface area contributed by atoms with Crippen LogP contribution >= 0.6 is 0 Å². The van der Waals surface area contributed by atoms with E-state index in [9.17, 15) is 0 Å². The Morgan fingerprint density at radius 1 is 1.43 bits per heavy atom. The zero-order valence-electron chi connectivity index (χ0n) is 8.79. The highest BCUT2D eigenvalue weighted by atomic mass is 16.5. The van der Waals surface area contributed by atoms with Gasteiger partial charge >= 0.3 is 0 Å². The highest BCUT2D eigenvalue weighted by molar-refractivity contribution is 5.48. The molecule has 0 amide bonds. The minimum atomic E-state index is 0.647. The Balaban J connectivity index is 3.09. The average Bonchev–Trinajstić information content (AvgIpc) is 2.18. The second-order valence-electron chi connectivity index (χ2n) is 3.25. The van der Waals surface area contributed by atoms with Crippen molar-refractivity contribution >= 4 is 0 Å². The maximum atomic E-state index is 8.88. The van der Waals surface area contributed by atoms with Crippen LogP contribution in [0.4, 0.5) is 0 Å². The Labute approximate surface area is 85.1 Å². The van der Waals surface area contributed by atoms with Crippen LogP contribution in [0.1, 0.15) is 31.9 Å². The minimum absolute atomic E-state index is 0.647. The Morgan fingerprint density at radius 3 is 2.64 bits per heavy atom. The molecule has 0 bridgehead atoms. The Hall–Kier alpha value is -1.49. The van der Waals surface area contributed by atoms with Crippen molar-refractivity contribution in [3.63, 3.8) is 0 Å². The smallest absolute Gasteiger partial charge is 0.119 e. The van der Waals surface area contributed by atoms with Crippen molar-refractivity contribution in [2.24, 2.45) is 0 Å². The van der Waals surface area contributed by atoms with E-state index in [1.54, 1.807) is 6.07 Å². The molecule has 0 aliphatic rings. The topological polar surface area (TPSA) is 33.0 Å². The van der Waals surface area contributed by atoms with Gasteiger partial charge in [0.15, 0.2) is 0 Å². The molecule has 0 fully saturated rings. The van der Waals surface area contributed by atoms with E-state index in [0.29, 0.717) is 12.2 Å². The number of ether oxygens (including phenoxy) is 1. The summed E-state index contributed by atoms with van der Waals surface area (Å²) in [7, 11) is 0. The molecule has 1 radical (unpaired) electrons. The lowest BCUT2D eigenvalue weighted by atomic mass is 9.98. The first kappa shape index (κ1) is 10.6. The molecule has 1 aromatic rings. The van der Waals surface area contributed by atoms with E-state index >= 15 is 0 Å². The third kappa shape index (κ3) is 2.26. The van der Waals surface area contributed by atoms with Gasteiger partial charge in [-0.2, -0.15) is 5.26 Å². The van der Waals surface area contributed by atoms with Crippen molar-refractivity contribution < 1.29 is 4.74 Å². The van der Waals surface area contributed by atoms with Crippen LogP contribution in [0.5, 0.6) is 5.75 Å². The third-order valence-electron chi connectivity index (χ3n) is 1.96. The van der Waals surface area contributed by atoms with E-state index < -0.39 is 0 Å². The normalized spacial score (nSPS) is 9.93. The Kier molecular flexibility index (Phi) is 3.53. The van der Waals surface area contributed by atoms with E-state index in [0.717, 1.165) is 17.2 Å². The van der Waals surface area contributed by atoms with Gasteiger partial charge in [0.05, 0.1) is 18.2 Å². The summed E-state index contributed by atoms with van der Waals surface area (Å²) < 4.78 is 5.37. The molecule has 2 nitrogen and oxygen atoms in total. The SMILES string of the molecule is CCOc1ccc(C#N)c([C](C)C)c1. The van der Waals surface area contributed by atoms with E-state index in [1.807, 2.05) is 32.9 Å². The first-order valence-electron chi connectivity index (χ1n) is 4.66. The van der Waals surface area contributed by atoms with Gasteiger partial charge in [0.2, 0.25) is 0 Å². The monoisotopic (exact) mass is 188 g/mol. The van der Waals surface area contributed by atoms with Crippen molar-refractivity contribution in [3.05, 3.63) is 35.2 Å². The van der Waals surface area contributed by atoms with Crippen LogP contribution in [0.25, 0.3) is 0 Å². The van der Waals surface area contributed by atoms with Crippen LogP contribution in [0, 0.1) is 17.2 Å². The van der Waals surface area contributed by atoms with Crippen molar-refractivity contribution in [1.29, 1.82) is 5.26 Å². The second-order valence-corrected chi connectivity index (χ2v) is 3.25. The Bertz CT molecular complexity index is 350. The summed E-state index contributed by atoms with van der Waals surface area (Å²) in [6, 6.07) is 7.71. The molecular weight excluding hydrogens is 174 g/mol. The van der Waals surface area contributed by atoms with Crippen LogP contribution < -0.4 is 4.74 Å². The number of hydrogen-bond acceptors (Lipinski definition) is 2. The van der Waals surface area contributed by atoms with Crippen LogP contribution in [-0.2, 0) is 0 Å². The molecule has 0 atom stereocenters. The molecule has 0 saturated carbocycles. The molecule has 14 heavy (non-hydrogen) atoms. The van der Waals surface area contributed by atoms with Crippen LogP contribution in [0.2, 0.25) is 0 Å². The summed E-state index contributed by atoms with van der Waals surface area (Å²) in [5, 5.41) is 8.88. The largest absolute Gasteiger partial charge is 0.494 e. The number of rotatable bonds is 3. The molecule has 73 valence electrons. The van der Waals surface area contributed by atoms with Gasteiger partial charge in [-0.05, 0) is 30.7 Å². The lowest BCUT2D eigenvalue weighted by Crippen LogP contribution is -1.97. The quantitative estimate of drug-likeness (QED) is 0.730. The average molecular weight is 188 g/mol. The van der Waals surface area contributed by atoms with Crippen molar-refractivity contribution in [2.45, 2.75) is 20.8 Å². The molecule has 0 N–H and O–H groups in total. The summed E-state index contributed by atoms with van der Waals surface area (Å²) >= 11 is 0. The predicted octanol–water partition coefficient (Wildman–Crippen LogP) is 2.92. The third-order valence-corrected chi connectivity index (χ3v) is 1.96. The number of nitrogens with zero attached hydrogens (tertiary/aromatic N) is 1. The summed E-state index contributed by atoms with van der Waals surface area (Å²) in [5.74, 6) is 1.95. The van der Waals surface area contributed by atoms with Gasteiger partial charge in [0.25, 0.3) is 0 Å². The molecule has 1 aromatic carbocycles. The number of hydrogen-bond donors (Lipinski definition) is 0. The van der Waals surface area contributed by atoms with Gasteiger partial charge in [-0.25, -0.2) is 0 Å². The van der Waals surface area contributed by atoms with E-state index in [-0.39, 0.29) is 0 Å². The molecule has 2 heteroatoms. The zero-order valence-corrected chi connectivity index (χ0v) is 8.79. The summed E-state index contributed by atoms with van der Waals surface area (Å²) in [6.45, 7) is 6.58. The molecule has 0 spiro atoms. The predicted molar refractivity (Wildman–Crippen MR) is 56.0 cm³/mol. The van der Waals surface area contributed by atoms with Gasteiger partial charge in [-0.15, -0.1) is 0 Å². The molecular formula is C12H14NO. The number of nitriles is 1. The fourth-order valence-corrected chi connectivity index (χ4v) is 1.29. The van der Waals surface area contributed by atoms with Crippen molar-refractivity contribution in [3.8, 4) is 11.8 Å². The molecule has 0 saturated heterocycles. The fraction of sp³-hybridized carbons (Fsp3) is 0.333. The summed E-state index contributed by atoms with van der Waals surface area (Å²) in [6.07, 6.45) is 0. The molecule has 0 unspecified atom stereocenters. The highest BCUT2D eigenvalue weighted by Gasteiger charge is 2.07. The van der Waals surface area contributed by atoms with Crippen LogP contribution in [-0.4, -0.2) is 6.61 Å². The maximum Gasteiger partial charge on any atom is 0.119 e. The fourth-order valence-electron chi connectivity index (χ4n) is 1.29. The second kappa shape index (κ2) is 4.66. The summed E-state index contributed by atoms with van der Waals surface area (Å²) in [4.78, 5) is 0. The highest BCUT2D eigenvalue weighted by Crippen LogP contribution is 2.23. The standard InChI is InChI=1S/C12H14NO/c1-4-14-11-6-5-10(8-13)12(7-11)9(2)3/h5-7H,4H2,1-3H3. The Morgan fingerprint density at radius 2 is 2.14 bits per heavy atom. The van der Waals surface area contributed by atoms with Gasteiger partial charge in [0, 0.05) is 5.92 Å². The molecule has 0 aliphatic heterocycles. The van der Waals surface area contributed by atoms with Crippen molar-refractivity contribution in [1.82, 2.24) is 0 Å². The van der Waals surface area contributed by atoms with Gasteiger partial charge in [-0.1, -0.05) is 13.8 Å². The lowest BCUT2D eigenvalue weighted by Gasteiger charge is -2.10. The van der Waals surface area contributed by atoms with E-state index in [4.69, 9.17) is 10.00 Å². The lowest BCUT2D eigenvalue weighted by molar-refractivity contribution is 0.340. The molecule has 0 heterocycles. The van der Waals surface area contributed by atoms with Gasteiger partial charge in [0.1, 0.15) is 5.75 Å². The number of benzene rings is 1. The van der Waals surface area contributed by atoms with Crippen LogP contribution in [0.15, 0.2) is 18.2 Å². The molecule has 1 rings (SSSR count). The van der Waals surface area contributed by atoms with E-state index in [2.05, 4.69) is 6.07 Å². The first-order valence-corrected chi connectivity index (χ1v) is 4.66.